The Balaban J connectivity index is 1.39. The molecule has 362 valence electrons. The molecule has 0 saturated carbocycles. The highest BCUT2D eigenvalue weighted by Crippen LogP contribution is 2.51. The maximum atomic E-state index is 15.4. The van der Waals surface area contributed by atoms with Gasteiger partial charge in [-0.25, -0.2) is 0 Å². The van der Waals surface area contributed by atoms with Crippen molar-refractivity contribution >= 4 is 55.7 Å². The summed E-state index contributed by atoms with van der Waals surface area (Å²) >= 11 is 0. The van der Waals surface area contributed by atoms with Crippen molar-refractivity contribution in [2.45, 2.75) is 37.1 Å². The van der Waals surface area contributed by atoms with Crippen LogP contribution in [0.5, 0.6) is 0 Å². The van der Waals surface area contributed by atoms with Crippen molar-refractivity contribution in [1.82, 2.24) is 0 Å². The summed E-state index contributed by atoms with van der Waals surface area (Å²) in [7, 11) is 0. The number of benzene rings is 8. The van der Waals surface area contributed by atoms with Crippen molar-refractivity contribution in [3.8, 4) is 11.1 Å². The zero-order valence-corrected chi connectivity index (χ0v) is 34.7. The molecule has 2 nitrogen and oxygen atoms in total. The van der Waals surface area contributed by atoms with Crippen LogP contribution < -0.4 is 9.80 Å². The second kappa shape index (κ2) is 17.2. The second-order valence-electron chi connectivity index (χ2n) is 15.7. The topological polar surface area (TPSA) is 6.48 Å². The van der Waals surface area contributed by atoms with Crippen molar-refractivity contribution in [1.29, 1.82) is 0 Å². The first-order valence-corrected chi connectivity index (χ1v) is 20.1. The zero-order chi connectivity index (χ0) is 50.9. The summed E-state index contributed by atoms with van der Waals surface area (Å²) < 4.78 is 263. The van der Waals surface area contributed by atoms with Crippen LogP contribution >= 0.6 is 0 Å². The fourth-order valence-corrected chi connectivity index (χ4v) is 8.08. The van der Waals surface area contributed by atoms with E-state index in [0.29, 0.717) is 32.7 Å². The van der Waals surface area contributed by atoms with Crippen molar-refractivity contribution in [2.24, 2.45) is 0 Å². The Hall–Kier alpha value is -7.38. The number of hydrogen-bond donors (Lipinski definition) is 0. The molecule has 0 atom stereocenters. The van der Waals surface area contributed by atoms with Crippen LogP contribution in [-0.4, -0.2) is 0 Å². The number of nitrogens with zero attached hydrogens (tertiary/aromatic N) is 2. The van der Waals surface area contributed by atoms with Gasteiger partial charge in [-0.1, -0.05) is 84.9 Å². The summed E-state index contributed by atoms with van der Waals surface area (Å²) in [5.41, 5.74) is -17.5. The third-order valence-electron chi connectivity index (χ3n) is 11.1. The molecule has 0 heterocycles. The van der Waals surface area contributed by atoms with Gasteiger partial charge in [0.25, 0.3) is 0 Å². The molecule has 0 amide bonds. The van der Waals surface area contributed by atoms with E-state index < -0.39 is 104 Å². The van der Waals surface area contributed by atoms with Gasteiger partial charge in [-0.3, -0.25) is 0 Å². The molecule has 0 aromatic heterocycles. The van der Waals surface area contributed by atoms with Gasteiger partial charge in [0.1, 0.15) is 0 Å². The normalized spacial score (nSPS) is 13.0. The predicted molar refractivity (Wildman–Crippen MR) is 226 cm³/mol. The maximum Gasteiger partial charge on any atom is 0.417 e. The first-order valence-electron chi connectivity index (χ1n) is 20.1. The van der Waals surface area contributed by atoms with Gasteiger partial charge in [-0.15, -0.1) is 0 Å². The number of anilines is 6. The van der Waals surface area contributed by atoms with Gasteiger partial charge in [0, 0.05) is 33.5 Å². The molecular weight excluding hydrogens is 971 g/mol. The predicted octanol–water partition coefficient (Wildman–Crippen LogP) is 18.7. The van der Waals surface area contributed by atoms with Crippen LogP contribution in [0.4, 0.5) is 113 Å². The highest BCUT2D eigenvalue weighted by Gasteiger charge is 2.42. The van der Waals surface area contributed by atoms with Crippen LogP contribution in [0.15, 0.2) is 158 Å². The van der Waals surface area contributed by atoms with E-state index in [1.165, 1.54) is 84.9 Å². The molecule has 0 spiro atoms. The Morgan fingerprint density at radius 3 is 0.857 bits per heavy atom. The molecule has 70 heavy (non-hydrogen) atoms. The Labute approximate surface area is 383 Å². The SMILES string of the molecule is FC(F)(F)c1cc(N(c2ccc(-c3ccc(N(c4cc(C(F)(F)F)cc(C(F)(F)F)c4)c4cccc5ccccc45)cc3C(F)(F)F)c(C(F)(F)F)c2)c2cccc3ccccc23)cc(C(F)(F)F)c1. The van der Waals surface area contributed by atoms with E-state index in [2.05, 4.69) is 0 Å². The van der Waals surface area contributed by atoms with Gasteiger partial charge in [-0.05, 0) is 94.7 Å². The highest BCUT2D eigenvalue weighted by molar-refractivity contribution is 6.01. The van der Waals surface area contributed by atoms with Gasteiger partial charge >= 0.3 is 37.1 Å². The van der Waals surface area contributed by atoms with Gasteiger partial charge < -0.3 is 9.80 Å². The molecule has 0 saturated heterocycles. The molecule has 0 N–H and O–H groups in total. The Kier molecular flexibility index (Phi) is 12.1. The van der Waals surface area contributed by atoms with Crippen LogP contribution in [0, 0.1) is 0 Å². The average molecular weight is 997 g/mol. The number of rotatable bonds is 7. The number of hydrogen-bond acceptors (Lipinski definition) is 2. The third-order valence-corrected chi connectivity index (χ3v) is 11.1. The van der Waals surface area contributed by atoms with Crippen molar-refractivity contribution in [3.63, 3.8) is 0 Å². The van der Waals surface area contributed by atoms with Crippen molar-refractivity contribution < 1.29 is 79.0 Å². The minimum absolute atomic E-state index is 0.113. The highest BCUT2D eigenvalue weighted by atomic mass is 19.4. The Morgan fingerprint density at radius 2 is 0.557 bits per heavy atom. The van der Waals surface area contributed by atoms with Gasteiger partial charge in [0.2, 0.25) is 0 Å². The van der Waals surface area contributed by atoms with E-state index in [1.54, 1.807) is 0 Å². The van der Waals surface area contributed by atoms with Gasteiger partial charge in [0.05, 0.1) is 44.8 Å². The van der Waals surface area contributed by atoms with E-state index >= 15 is 26.3 Å². The lowest BCUT2D eigenvalue weighted by atomic mass is 9.92. The average Bonchev–Trinajstić information content (AvgIpc) is 3.27. The Morgan fingerprint density at radius 1 is 0.257 bits per heavy atom. The van der Waals surface area contributed by atoms with Crippen LogP contribution in [0.25, 0.3) is 32.7 Å². The summed E-state index contributed by atoms with van der Waals surface area (Å²) in [6, 6.07) is 23.1. The third kappa shape index (κ3) is 9.76. The van der Waals surface area contributed by atoms with E-state index in [-0.39, 0.29) is 70.7 Å². The number of alkyl halides is 18. The van der Waals surface area contributed by atoms with Crippen LogP contribution in [0.2, 0.25) is 0 Å². The fraction of sp³-hybridized carbons (Fsp3) is 0.120. The first-order chi connectivity index (χ1) is 32.5. The largest absolute Gasteiger partial charge is 0.417 e. The van der Waals surface area contributed by atoms with E-state index in [9.17, 15) is 52.7 Å². The minimum Gasteiger partial charge on any atom is -0.310 e. The van der Waals surface area contributed by atoms with E-state index in [4.69, 9.17) is 0 Å². The summed E-state index contributed by atoms with van der Waals surface area (Å²) in [5, 5.41) is 0.880. The quantitative estimate of drug-likeness (QED) is 0.147. The van der Waals surface area contributed by atoms with Gasteiger partial charge in [0.15, 0.2) is 0 Å². The van der Waals surface area contributed by atoms with Crippen molar-refractivity contribution in [3.05, 3.63) is 191 Å². The second-order valence-corrected chi connectivity index (χ2v) is 15.7. The molecule has 8 aromatic rings. The number of fused-ring (bicyclic) bond motifs is 2. The molecule has 0 aliphatic heterocycles. The first kappa shape index (κ1) is 49.1. The van der Waals surface area contributed by atoms with Crippen LogP contribution in [0.3, 0.4) is 0 Å². The molecule has 0 fully saturated rings. The van der Waals surface area contributed by atoms with Crippen LogP contribution in [-0.2, 0) is 37.1 Å². The molecule has 20 heteroatoms. The lowest BCUT2D eigenvalue weighted by Gasteiger charge is -2.30. The standard InChI is InChI=1S/C50H26F18N2/c51-45(52,53)29-19-30(46(54,55)56)22-35(21-29)69(43-13-5-9-27-7-1-3-11-37(27)43)33-15-17-39(41(25-33)49(63,64)65)40-18-16-34(26-42(40)50(66,67)68)70(44-14-6-10-28-8-2-4-12-38(28)44)36-23-31(47(57,58)59)20-32(24-36)48(60,61)62/h1-26H. The molecule has 0 aliphatic rings. The summed E-state index contributed by atoms with van der Waals surface area (Å²) in [6.07, 6.45) is -32.9. The monoisotopic (exact) mass is 996 g/mol. The summed E-state index contributed by atoms with van der Waals surface area (Å²) in [5.74, 6) is 0. The molecule has 8 aromatic carbocycles. The summed E-state index contributed by atoms with van der Waals surface area (Å²) in [4.78, 5) is 1.29. The zero-order valence-electron chi connectivity index (χ0n) is 34.7. The van der Waals surface area contributed by atoms with Crippen LogP contribution in [0.1, 0.15) is 33.4 Å². The molecule has 8 rings (SSSR count). The fourth-order valence-electron chi connectivity index (χ4n) is 8.08. The Bertz CT molecular complexity index is 2970. The maximum absolute atomic E-state index is 15.4. The van der Waals surface area contributed by atoms with Crippen molar-refractivity contribution in [2.75, 3.05) is 9.80 Å². The summed E-state index contributed by atoms with van der Waals surface area (Å²) in [6.45, 7) is 0. The van der Waals surface area contributed by atoms with E-state index in [1.807, 2.05) is 0 Å². The van der Waals surface area contributed by atoms with E-state index in [0.717, 1.165) is 12.1 Å². The molecule has 0 radical (unpaired) electrons. The smallest absolute Gasteiger partial charge is 0.310 e. The molecule has 0 aliphatic carbocycles. The molecular formula is C50H26F18N2. The van der Waals surface area contributed by atoms with Gasteiger partial charge in [-0.2, -0.15) is 79.0 Å². The lowest BCUT2D eigenvalue weighted by Crippen LogP contribution is -2.18. The molecule has 0 bridgehead atoms. The molecule has 0 unspecified atom stereocenters. The lowest BCUT2D eigenvalue weighted by molar-refractivity contribution is -0.144. The number of halogens is 18. The minimum atomic E-state index is -5.62.